The van der Waals surface area contributed by atoms with Crippen LogP contribution in [0.2, 0.25) is 0 Å². The molecule has 4 nitrogen and oxygen atoms in total. The Morgan fingerprint density at radius 3 is 2.30 bits per heavy atom. The average molecular weight is 301 g/mol. The molecule has 0 bridgehead atoms. The zero-order valence-corrected chi connectivity index (χ0v) is 13.2. The van der Waals surface area contributed by atoms with E-state index in [1.165, 1.54) is 0 Å². The zero-order chi connectivity index (χ0) is 14.3. The fourth-order valence-corrected chi connectivity index (χ4v) is 1.88. The summed E-state index contributed by atoms with van der Waals surface area (Å²) in [5.41, 5.74) is 6.74. The van der Waals surface area contributed by atoms with Crippen LogP contribution in [0.4, 0.5) is 5.69 Å². The summed E-state index contributed by atoms with van der Waals surface area (Å²) in [5, 5.41) is 3.44. The van der Waals surface area contributed by atoms with Crippen LogP contribution in [0.5, 0.6) is 0 Å². The molecular weight excluding hydrogens is 276 g/mol. The number of esters is 1. The summed E-state index contributed by atoms with van der Waals surface area (Å²) in [6.07, 6.45) is 2.15. The van der Waals surface area contributed by atoms with Crippen molar-refractivity contribution in [3.63, 3.8) is 0 Å². The molecule has 1 unspecified atom stereocenters. The van der Waals surface area contributed by atoms with Gasteiger partial charge in [-0.05, 0) is 44.0 Å². The summed E-state index contributed by atoms with van der Waals surface area (Å²) < 4.78 is 5.28. The molecule has 0 aliphatic heterocycles. The van der Waals surface area contributed by atoms with Crippen LogP contribution in [0.15, 0.2) is 24.3 Å². The minimum Gasteiger partial charge on any atom is -0.460 e. The molecule has 0 heterocycles. The quantitative estimate of drug-likeness (QED) is 0.600. The van der Waals surface area contributed by atoms with Crippen molar-refractivity contribution in [1.82, 2.24) is 5.32 Å². The van der Waals surface area contributed by atoms with Crippen LogP contribution in [-0.2, 0) is 4.74 Å². The Labute approximate surface area is 127 Å². The number of benzene rings is 1. The molecule has 0 spiro atoms. The molecule has 5 heteroatoms. The van der Waals surface area contributed by atoms with Crippen LogP contribution in [0.3, 0.4) is 0 Å². The molecule has 0 saturated carbocycles. The zero-order valence-electron chi connectivity index (χ0n) is 12.4. The van der Waals surface area contributed by atoms with E-state index in [9.17, 15) is 4.79 Å². The van der Waals surface area contributed by atoms with E-state index in [1.54, 1.807) is 24.3 Å². The van der Waals surface area contributed by atoms with E-state index < -0.39 is 0 Å². The molecule has 0 aliphatic carbocycles. The van der Waals surface area contributed by atoms with Crippen LogP contribution >= 0.6 is 12.4 Å². The van der Waals surface area contributed by atoms with Crippen LogP contribution in [0.1, 0.15) is 44.0 Å². The predicted molar refractivity (Wildman–Crippen MR) is 85.4 cm³/mol. The van der Waals surface area contributed by atoms with E-state index in [1.807, 2.05) is 6.92 Å². The summed E-state index contributed by atoms with van der Waals surface area (Å²) in [6, 6.07) is 7.38. The number of hydrogen-bond acceptors (Lipinski definition) is 4. The van der Waals surface area contributed by atoms with Gasteiger partial charge in [0.1, 0.15) is 6.61 Å². The lowest BCUT2D eigenvalue weighted by Gasteiger charge is -2.20. The van der Waals surface area contributed by atoms with Gasteiger partial charge in [-0.1, -0.05) is 13.8 Å². The lowest BCUT2D eigenvalue weighted by molar-refractivity contribution is 0.0466. The summed E-state index contributed by atoms with van der Waals surface area (Å²) in [6.45, 7) is 6.69. The van der Waals surface area contributed by atoms with Crippen LogP contribution in [-0.4, -0.2) is 24.7 Å². The smallest absolute Gasteiger partial charge is 0.338 e. The maximum absolute atomic E-state index is 11.8. The number of halogens is 1. The monoisotopic (exact) mass is 300 g/mol. The molecule has 1 aromatic carbocycles. The van der Waals surface area contributed by atoms with Crippen LogP contribution < -0.4 is 11.1 Å². The highest BCUT2D eigenvalue weighted by Crippen LogP contribution is 2.07. The van der Waals surface area contributed by atoms with Gasteiger partial charge in [0.05, 0.1) is 5.56 Å². The molecule has 1 atom stereocenters. The highest BCUT2D eigenvalue weighted by Gasteiger charge is 2.12. The molecule has 1 rings (SSSR count). The van der Waals surface area contributed by atoms with Gasteiger partial charge in [-0.25, -0.2) is 4.79 Å². The third-order valence-electron chi connectivity index (χ3n) is 3.12. The summed E-state index contributed by atoms with van der Waals surface area (Å²) in [5.74, 6) is -0.307. The first-order valence-corrected chi connectivity index (χ1v) is 6.85. The van der Waals surface area contributed by atoms with Gasteiger partial charge in [-0.15, -0.1) is 12.4 Å². The summed E-state index contributed by atoms with van der Waals surface area (Å²) >= 11 is 0. The van der Waals surface area contributed by atoms with Gasteiger partial charge < -0.3 is 15.8 Å². The second-order valence-corrected chi connectivity index (χ2v) is 4.80. The molecule has 0 aliphatic rings. The molecule has 0 aromatic heterocycles. The number of nitrogen functional groups attached to an aromatic ring is 1. The molecule has 0 fully saturated rings. The Bertz CT molecular complexity index is 391. The Kier molecular flexibility index (Phi) is 9.01. The third kappa shape index (κ3) is 6.26. The van der Waals surface area contributed by atoms with Crippen molar-refractivity contribution in [3.05, 3.63) is 29.8 Å². The lowest BCUT2D eigenvalue weighted by atomic mass is 10.1. The van der Waals surface area contributed by atoms with Crippen molar-refractivity contribution in [3.8, 4) is 0 Å². The standard InChI is InChI=1S/C15H24N2O2.ClH/c1-4-14(5-2)17-11(3)10-19-15(18)12-6-8-13(16)9-7-12;/h6-9,11,14,17H,4-5,10,16H2,1-3H3;1H. The Morgan fingerprint density at radius 2 is 1.80 bits per heavy atom. The van der Waals surface area contributed by atoms with E-state index in [0.717, 1.165) is 12.8 Å². The third-order valence-corrected chi connectivity index (χ3v) is 3.12. The number of rotatable bonds is 7. The highest BCUT2D eigenvalue weighted by molar-refractivity contribution is 5.89. The number of carbonyl (C=O) groups is 1. The Hall–Kier alpha value is -1.26. The molecular formula is C15H25ClN2O2. The maximum Gasteiger partial charge on any atom is 0.338 e. The minimum atomic E-state index is -0.307. The first-order valence-electron chi connectivity index (χ1n) is 6.85. The molecule has 3 N–H and O–H groups in total. The van der Waals surface area contributed by atoms with Crippen molar-refractivity contribution in [2.45, 2.75) is 45.7 Å². The van der Waals surface area contributed by atoms with Gasteiger partial charge in [-0.3, -0.25) is 0 Å². The SMILES string of the molecule is CCC(CC)NC(C)COC(=O)c1ccc(N)cc1.Cl. The molecule has 0 amide bonds. The van der Waals surface area contributed by atoms with Gasteiger partial charge in [0.25, 0.3) is 0 Å². The Morgan fingerprint density at radius 1 is 1.25 bits per heavy atom. The van der Waals surface area contributed by atoms with E-state index in [-0.39, 0.29) is 24.4 Å². The number of anilines is 1. The van der Waals surface area contributed by atoms with E-state index in [4.69, 9.17) is 10.5 Å². The van der Waals surface area contributed by atoms with Crippen molar-refractivity contribution in [1.29, 1.82) is 0 Å². The van der Waals surface area contributed by atoms with Crippen molar-refractivity contribution in [2.75, 3.05) is 12.3 Å². The van der Waals surface area contributed by atoms with Crippen molar-refractivity contribution < 1.29 is 9.53 Å². The number of ether oxygens (including phenoxy) is 1. The van der Waals surface area contributed by atoms with Gasteiger partial charge in [0.15, 0.2) is 0 Å². The van der Waals surface area contributed by atoms with Gasteiger partial charge >= 0.3 is 5.97 Å². The molecule has 114 valence electrons. The minimum absolute atomic E-state index is 0. The van der Waals surface area contributed by atoms with Crippen molar-refractivity contribution >= 4 is 24.1 Å². The lowest BCUT2D eigenvalue weighted by Crippen LogP contribution is -2.39. The normalized spacial score (nSPS) is 11.8. The summed E-state index contributed by atoms with van der Waals surface area (Å²) in [4.78, 5) is 11.8. The molecule has 20 heavy (non-hydrogen) atoms. The number of nitrogens with two attached hydrogens (primary N) is 1. The van der Waals surface area contributed by atoms with Gasteiger partial charge in [0.2, 0.25) is 0 Å². The van der Waals surface area contributed by atoms with Crippen LogP contribution in [0, 0.1) is 0 Å². The summed E-state index contributed by atoms with van der Waals surface area (Å²) in [7, 11) is 0. The second kappa shape index (κ2) is 9.61. The maximum atomic E-state index is 11.8. The number of nitrogens with one attached hydrogen (secondary N) is 1. The molecule has 1 aromatic rings. The van der Waals surface area contributed by atoms with E-state index in [0.29, 0.717) is 23.9 Å². The molecule has 0 radical (unpaired) electrons. The Balaban J connectivity index is 0.00000361. The van der Waals surface area contributed by atoms with Crippen LogP contribution in [0.25, 0.3) is 0 Å². The van der Waals surface area contributed by atoms with Gasteiger partial charge in [0, 0.05) is 17.8 Å². The number of carbonyl (C=O) groups excluding carboxylic acids is 1. The largest absolute Gasteiger partial charge is 0.460 e. The first-order chi connectivity index (χ1) is 9.06. The van der Waals surface area contributed by atoms with E-state index in [2.05, 4.69) is 19.2 Å². The fraction of sp³-hybridized carbons (Fsp3) is 0.533. The number of hydrogen-bond donors (Lipinski definition) is 2. The van der Waals surface area contributed by atoms with Crippen molar-refractivity contribution in [2.24, 2.45) is 0 Å². The second-order valence-electron chi connectivity index (χ2n) is 4.80. The first kappa shape index (κ1) is 18.7. The fourth-order valence-electron chi connectivity index (χ4n) is 1.88. The highest BCUT2D eigenvalue weighted by atomic mass is 35.5. The average Bonchev–Trinajstić information content (AvgIpc) is 2.43. The van der Waals surface area contributed by atoms with Gasteiger partial charge in [-0.2, -0.15) is 0 Å². The van der Waals surface area contributed by atoms with E-state index >= 15 is 0 Å². The predicted octanol–water partition coefficient (Wildman–Crippen LogP) is 3.01. The topological polar surface area (TPSA) is 64.3 Å². The molecule has 0 saturated heterocycles.